The molecule has 0 heterocycles. The second kappa shape index (κ2) is 13.6. The smallest absolute Gasteiger partial charge is 0.497 e. The molecule has 0 amide bonds. The minimum absolute atomic E-state index is 0.121. The number of hydrogen-bond donors (Lipinski definition) is 0. The van der Waals surface area contributed by atoms with E-state index in [4.69, 9.17) is 27.8 Å². The largest absolute Gasteiger partial charge is 0.588 e. The van der Waals surface area contributed by atoms with Gasteiger partial charge in [0.1, 0.15) is 41.5 Å². The number of hydrogen-bond acceptors (Lipinski definition) is 8. The molecule has 0 aromatic heterocycles. The van der Waals surface area contributed by atoms with Crippen LogP contribution in [-0.2, 0) is 25.2 Å². The Balaban J connectivity index is 1.67. The maximum Gasteiger partial charge on any atom is 0.588 e. The summed E-state index contributed by atoms with van der Waals surface area (Å²) in [7, 11) is -1.43. The number of ether oxygens (including phenoxy) is 3. The Morgan fingerprint density at radius 1 is 0.786 bits per heavy atom. The SMILES string of the molecule is COc1ccc(COC(=O)C(C)(C)C(OP(=O)(Oc2ccccc2)Oc2ccccc2)c2ccc(F)cc2)c(OC)c1. The summed E-state index contributed by atoms with van der Waals surface area (Å²) in [5.41, 5.74) is -0.506. The highest BCUT2D eigenvalue weighted by Crippen LogP contribution is 2.56. The molecular weight excluding hydrogens is 562 g/mol. The molecule has 0 saturated carbocycles. The Bertz CT molecular complexity index is 1470. The van der Waals surface area contributed by atoms with Crippen LogP contribution in [0, 0.1) is 11.2 Å². The van der Waals surface area contributed by atoms with Crippen LogP contribution in [0.2, 0.25) is 0 Å². The van der Waals surface area contributed by atoms with Crippen LogP contribution < -0.4 is 18.5 Å². The summed E-state index contributed by atoms with van der Waals surface area (Å²) >= 11 is 0. The first-order chi connectivity index (χ1) is 20.1. The van der Waals surface area contributed by atoms with E-state index in [2.05, 4.69) is 0 Å². The zero-order valence-corrected chi connectivity index (χ0v) is 24.6. The van der Waals surface area contributed by atoms with Gasteiger partial charge >= 0.3 is 13.8 Å². The average Bonchev–Trinajstić information content (AvgIpc) is 3.00. The number of methoxy groups -OCH3 is 2. The van der Waals surface area contributed by atoms with Crippen molar-refractivity contribution in [2.24, 2.45) is 5.41 Å². The fraction of sp³-hybridized carbons (Fsp3) is 0.219. The third kappa shape index (κ3) is 7.69. The van der Waals surface area contributed by atoms with Crippen LogP contribution in [0.15, 0.2) is 103 Å². The number of phosphoric ester groups is 1. The first-order valence-corrected chi connectivity index (χ1v) is 14.5. The number of esters is 1. The molecular formula is C32H32FO8P. The van der Waals surface area contributed by atoms with E-state index in [1.54, 1.807) is 92.7 Å². The van der Waals surface area contributed by atoms with Crippen molar-refractivity contribution in [2.45, 2.75) is 26.6 Å². The minimum atomic E-state index is -4.47. The second-order valence-electron chi connectivity index (χ2n) is 9.77. The van der Waals surface area contributed by atoms with E-state index >= 15 is 0 Å². The van der Waals surface area contributed by atoms with Crippen LogP contribution in [0.3, 0.4) is 0 Å². The molecule has 0 saturated heterocycles. The maximum absolute atomic E-state index is 14.3. The van der Waals surface area contributed by atoms with Gasteiger partial charge in [0.05, 0.1) is 19.6 Å². The number of carbonyl (C=O) groups is 1. The van der Waals surface area contributed by atoms with E-state index in [0.717, 1.165) is 0 Å². The predicted molar refractivity (Wildman–Crippen MR) is 155 cm³/mol. The van der Waals surface area contributed by atoms with E-state index in [1.165, 1.54) is 38.5 Å². The lowest BCUT2D eigenvalue weighted by molar-refractivity contribution is -0.161. The molecule has 10 heteroatoms. The number of benzene rings is 4. The van der Waals surface area contributed by atoms with Crippen molar-refractivity contribution in [2.75, 3.05) is 14.2 Å². The van der Waals surface area contributed by atoms with Gasteiger partial charge in [-0.3, -0.25) is 9.32 Å². The number of para-hydroxylation sites is 2. The quantitative estimate of drug-likeness (QED) is 0.114. The molecule has 220 valence electrons. The summed E-state index contributed by atoms with van der Waals surface area (Å²) in [4.78, 5) is 13.6. The van der Waals surface area contributed by atoms with Gasteiger partial charge in [0, 0.05) is 11.6 Å². The van der Waals surface area contributed by atoms with Crippen LogP contribution in [0.1, 0.15) is 31.1 Å². The highest BCUT2D eigenvalue weighted by Gasteiger charge is 2.47. The van der Waals surface area contributed by atoms with E-state index in [9.17, 15) is 13.8 Å². The first kappa shape index (κ1) is 30.6. The van der Waals surface area contributed by atoms with Crippen molar-refractivity contribution in [3.8, 4) is 23.0 Å². The standard InChI is InChI=1S/C32H32FO8P/c1-32(2,31(34)38-22-24-17-20-28(36-3)21-29(24)37-4)30(23-15-18-25(33)19-16-23)41-42(35,39-26-11-7-5-8-12-26)40-27-13-9-6-10-14-27/h5-21,30H,22H2,1-4H3. The molecule has 42 heavy (non-hydrogen) atoms. The predicted octanol–water partition coefficient (Wildman–Crippen LogP) is 7.94. The molecule has 0 bridgehead atoms. The zero-order valence-electron chi connectivity index (χ0n) is 23.7. The summed E-state index contributed by atoms with van der Waals surface area (Å²) in [5.74, 6) is 0.334. The molecule has 0 aliphatic rings. The van der Waals surface area contributed by atoms with Gasteiger partial charge in [0.15, 0.2) is 0 Å². The topological polar surface area (TPSA) is 89.5 Å². The lowest BCUT2D eigenvalue weighted by Crippen LogP contribution is -2.35. The molecule has 1 atom stereocenters. The molecule has 0 radical (unpaired) electrons. The van der Waals surface area contributed by atoms with Crippen molar-refractivity contribution in [1.82, 2.24) is 0 Å². The molecule has 0 aliphatic heterocycles. The molecule has 0 spiro atoms. The van der Waals surface area contributed by atoms with Gasteiger partial charge in [-0.1, -0.05) is 48.5 Å². The fourth-order valence-electron chi connectivity index (χ4n) is 4.07. The number of phosphoric acid groups is 1. The Morgan fingerprint density at radius 2 is 1.36 bits per heavy atom. The Labute approximate surface area is 244 Å². The lowest BCUT2D eigenvalue weighted by Gasteiger charge is -2.34. The van der Waals surface area contributed by atoms with Crippen molar-refractivity contribution >= 4 is 13.8 Å². The number of halogens is 1. The molecule has 0 fully saturated rings. The van der Waals surface area contributed by atoms with Crippen molar-refractivity contribution < 1.29 is 41.5 Å². The van der Waals surface area contributed by atoms with Gasteiger partial charge in [-0.05, 0) is 67.9 Å². The minimum Gasteiger partial charge on any atom is -0.497 e. The molecule has 4 aromatic carbocycles. The van der Waals surface area contributed by atoms with Crippen LogP contribution >= 0.6 is 7.82 Å². The van der Waals surface area contributed by atoms with Crippen LogP contribution in [0.5, 0.6) is 23.0 Å². The monoisotopic (exact) mass is 594 g/mol. The third-order valence-corrected chi connectivity index (χ3v) is 7.70. The van der Waals surface area contributed by atoms with Gasteiger partial charge in [0.2, 0.25) is 0 Å². The third-order valence-electron chi connectivity index (χ3n) is 6.36. The normalized spacial score (nSPS) is 12.2. The van der Waals surface area contributed by atoms with E-state index in [1.807, 2.05) is 0 Å². The highest BCUT2D eigenvalue weighted by molar-refractivity contribution is 7.49. The van der Waals surface area contributed by atoms with Crippen LogP contribution in [0.25, 0.3) is 0 Å². The Kier molecular flexibility index (Phi) is 9.88. The van der Waals surface area contributed by atoms with E-state index in [-0.39, 0.29) is 18.1 Å². The molecule has 4 aromatic rings. The van der Waals surface area contributed by atoms with Crippen LogP contribution in [0.4, 0.5) is 4.39 Å². The van der Waals surface area contributed by atoms with Crippen molar-refractivity contribution in [3.63, 3.8) is 0 Å². The second-order valence-corrected chi connectivity index (χ2v) is 11.2. The number of carbonyl (C=O) groups excluding carboxylic acids is 1. The lowest BCUT2D eigenvalue weighted by atomic mass is 9.82. The first-order valence-electron chi connectivity index (χ1n) is 13.0. The summed E-state index contributed by atoms with van der Waals surface area (Å²) in [6.07, 6.45) is -1.25. The summed E-state index contributed by atoms with van der Waals surface area (Å²) < 4.78 is 62.2. The molecule has 8 nitrogen and oxygen atoms in total. The van der Waals surface area contributed by atoms with Gasteiger partial charge in [-0.25, -0.2) is 8.96 Å². The Hall–Kier alpha value is -4.33. The average molecular weight is 595 g/mol. The van der Waals surface area contributed by atoms with Gasteiger partial charge in [-0.2, -0.15) is 0 Å². The number of rotatable bonds is 13. The van der Waals surface area contributed by atoms with E-state index in [0.29, 0.717) is 22.6 Å². The van der Waals surface area contributed by atoms with Gasteiger partial charge in [0.25, 0.3) is 0 Å². The fourth-order valence-corrected chi connectivity index (χ4v) is 5.59. The molecule has 4 rings (SSSR count). The maximum atomic E-state index is 14.3. The molecule has 0 N–H and O–H groups in total. The summed E-state index contributed by atoms with van der Waals surface area (Å²) in [6.45, 7) is 3.03. The summed E-state index contributed by atoms with van der Waals surface area (Å²) in [5, 5.41) is 0. The molecule has 0 aliphatic carbocycles. The van der Waals surface area contributed by atoms with Gasteiger partial charge in [-0.15, -0.1) is 0 Å². The zero-order chi connectivity index (χ0) is 30.2. The molecule has 1 unspecified atom stereocenters. The van der Waals surface area contributed by atoms with Gasteiger partial charge < -0.3 is 23.3 Å². The highest BCUT2D eigenvalue weighted by atomic mass is 31.2. The van der Waals surface area contributed by atoms with Crippen molar-refractivity contribution in [1.29, 1.82) is 0 Å². The summed E-state index contributed by atoms with van der Waals surface area (Å²) in [6, 6.07) is 27.2. The van der Waals surface area contributed by atoms with Crippen molar-refractivity contribution in [3.05, 3.63) is 120 Å². The Morgan fingerprint density at radius 3 is 1.88 bits per heavy atom. The van der Waals surface area contributed by atoms with E-state index < -0.39 is 31.1 Å². The van der Waals surface area contributed by atoms with Crippen LogP contribution in [-0.4, -0.2) is 20.2 Å².